The first kappa shape index (κ1) is 16.2. The third-order valence-electron chi connectivity index (χ3n) is 3.55. The van der Waals surface area contributed by atoms with E-state index >= 15 is 0 Å². The number of hydrogen-bond donors (Lipinski definition) is 1. The number of amides is 2. The minimum atomic E-state index is -0.0985. The van der Waals surface area contributed by atoms with Crippen molar-refractivity contribution < 1.29 is 9.59 Å². The van der Waals surface area contributed by atoms with Crippen LogP contribution in [-0.4, -0.2) is 24.9 Å². The second-order valence-corrected chi connectivity index (χ2v) is 6.12. The number of carbonyl (C=O) groups excluding carboxylic acids is 2. The molecule has 0 aliphatic carbocycles. The molecule has 1 heterocycles. The van der Waals surface area contributed by atoms with Gasteiger partial charge in [-0.3, -0.25) is 9.59 Å². The van der Waals surface area contributed by atoms with E-state index in [1.54, 1.807) is 11.0 Å². The Labute approximate surface area is 134 Å². The maximum atomic E-state index is 11.9. The molecule has 0 radical (unpaired) electrons. The van der Waals surface area contributed by atoms with Crippen molar-refractivity contribution in [1.82, 2.24) is 5.32 Å². The summed E-state index contributed by atoms with van der Waals surface area (Å²) in [6, 6.07) is 9.57. The molecule has 0 bridgehead atoms. The van der Waals surface area contributed by atoms with Crippen molar-refractivity contribution in [1.29, 1.82) is 0 Å². The minimum absolute atomic E-state index is 0.0337. The van der Waals surface area contributed by atoms with Crippen LogP contribution in [0.3, 0.4) is 0 Å². The summed E-state index contributed by atoms with van der Waals surface area (Å²) in [5, 5.41) is 4.71. The lowest BCUT2D eigenvalue weighted by Crippen LogP contribution is -2.37. The molecular weight excluding hydrogens is 296 g/mol. The number of benzene rings is 1. The van der Waals surface area contributed by atoms with Gasteiger partial charge in [-0.1, -0.05) is 12.1 Å². The number of hydrogen-bond acceptors (Lipinski definition) is 3. The second-order valence-electron chi connectivity index (χ2n) is 5.17. The molecule has 2 aromatic rings. The first-order valence-electron chi connectivity index (χ1n) is 7.16. The third kappa shape index (κ3) is 3.95. The molecule has 0 aliphatic rings. The van der Waals surface area contributed by atoms with Gasteiger partial charge in [-0.2, -0.15) is 0 Å². The van der Waals surface area contributed by atoms with Gasteiger partial charge < -0.3 is 10.2 Å². The van der Waals surface area contributed by atoms with Crippen LogP contribution in [0.1, 0.15) is 27.7 Å². The molecule has 116 valence electrons. The zero-order valence-corrected chi connectivity index (χ0v) is 13.9. The molecule has 2 rings (SSSR count). The van der Waals surface area contributed by atoms with Gasteiger partial charge in [-0.05, 0) is 48.6 Å². The van der Waals surface area contributed by atoms with Crippen molar-refractivity contribution >= 4 is 28.8 Å². The predicted molar refractivity (Wildman–Crippen MR) is 90.6 cm³/mol. The summed E-state index contributed by atoms with van der Waals surface area (Å²) in [6.07, 6.45) is 0. The van der Waals surface area contributed by atoms with Crippen LogP contribution in [0.5, 0.6) is 0 Å². The Kier molecular flexibility index (Phi) is 5.33. The molecular formula is C17H20N2O2S. The van der Waals surface area contributed by atoms with Gasteiger partial charge in [0.15, 0.2) is 0 Å². The number of carbonyl (C=O) groups is 2. The highest BCUT2D eigenvalue weighted by Crippen LogP contribution is 2.18. The van der Waals surface area contributed by atoms with Gasteiger partial charge in [0.1, 0.15) is 0 Å². The van der Waals surface area contributed by atoms with Crippen LogP contribution in [0, 0.1) is 13.8 Å². The number of thiophene rings is 1. The number of anilines is 1. The Balaban J connectivity index is 1.99. The summed E-state index contributed by atoms with van der Waals surface area (Å²) in [5.74, 6) is -0.132. The Morgan fingerprint density at radius 1 is 1.18 bits per heavy atom. The Morgan fingerprint density at radius 2 is 1.95 bits per heavy atom. The molecule has 0 atom stereocenters. The van der Waals surface area contributed by atoms with Crippen LogP contribution in [0.15, 0.2) is 35.7 Å². The number of nitrogens with zero attached hydrogens (tertiary/aromatic N) is 1. The predicted octanol–water partition coefficient (Wildman–Crippen LogP) is 3.15. The van der Waals surface area contributed by atoms with Gasteiger partial charge in [0, 0.05) is 25.7 Å². The number of nitrogens with one attached hydrogen (secondary N) is 1. The molecule has 22 heavy (non-hydrogen) atoms. The SMILES string of the molecule is CC(=O)N(CCNC(=O)c1cccs1)c1ccc(C)c(C)c1. The normalized spacial score (nSPS) is 10.3. The average Bonchev–Trinajstić information content (AvgIpc) is 3.00. The molecule has 0 spiro atoms. The van der Waals surface area contributed by atoms with E-state index in [0.717, 1.165) is 11.3 Å². The van der Waals surface area contributed by atoms with Gasteiger partial charge in [-0.15, -0.1) is 11.3 Å². The second kappa shape index (κ2) is 7.22. The summed E-state index contributed by atoms with van der Waals surface area (Å²) in [6.45, 7) is 6.47. The summed E-state index contributed by atoms with van der Waals surface area (Å²) in [5.41, 5.74) is 3.20. The summed E-state index contributed by atoms with van der Waals surface area (Å²) < 4.78 is 0. The third-order valence-corrected chi connectivity index (χ3v) is 4.42. The fourth-order valence-electron chi connectivity index (χ4n) is 2.14. The topological polar surface area (TPSA) is 49.4 Å². The lowest BCUT2D eigenvalue weighted by Gasteiger charge is -2.22. The standard InChI is InChI=1S/C17H20N2O2S/c1-12-6-7-15(11-13(12)2)19(14(3)20)9-8-18-17(21)16-5-4-10-22-16/h4-7,10-11H,8-9H2,1-3H3,(H,18,21). The van der Waals surface area contributed by atoms with E-state index < -0.39 is 0 Å². The van der Waals surface area contributed by atoms with Gasteiger partial charge in [0.05, 0.1) is 4.88 Å². The molecule has 0 saturated heterocycles. The largest absolute Gasteiger partial charge is 0.350 e. The number of rotatable bonds is 5. The maximum absolute atomic E-state index is 11.9. The average molecular weight is 316 g/mol. The van der Waals surface area contributed by atoms with Gasteiger partial charge in [0.25, 0.3) is 5.91 Å². The monoisotopic (exact) mass is 316 g/mol. The molecule has 0 saturated carbocycles. The lowest BCUT2D eigenvalue weighted by atomic mass is 10.1. The van der Waals surface area contributed by atoms with Crippen molar-refractivity contribution in [2.75, 3.05) is 18.0 Å². The molecule has 1 N–H and O–H groups in total. The van der Waals surface area contributed by atoms with Crippen LogP contribution < -0.4 is 10.2 Å². The van der Waals surface area contributed by atoms with E-state index in [2.05, 4.69) is 5.32 Å². The molecule has 2 amide bonds. The smallest absolute Gasteiger partial charge is 0.261 e. The fraction of sp³-hybridized carbons (Fsp3) is 0.294. The molecule has 1 aromatic carbocycles. The van der Waals surface area contributed by atoms with Crippen molar-refractivity contribution in [2.45, 2.75) is 20.8 Å². The first-order chi connectivity index (χ1) is 10.5. The number of aryl methyl sites for hydroxylation is 2. The Bertz CT molecular complexity index is 665. The van der Waals surface area contributed by atoms with E-state index in [4.69, 9.17) is 0 Å². The van der Waals surface area contributed by atoms with Gasteiger partial charge >= 0.3 is 0 Å². The zero-order chi connectivity index (χ0) is 16.1. The quantitative estimate of drug-likeness (QED) is 0.921. The van der Waals surface area contributed by atoms with E-state index in [1.807, 2.05) is 43.5 Å². The van der Waals surface area contributed by atoms with Crippen molar-refractivity contribution in [3.63, 3.8) is 0 Å². The molecule has 0 unspecified atom stereocenters. The molecule has 4 nitrogen and oxygen atoms in total. The summed E-state index contributed by atoms with van der Waals surface area (Å²) in [7, 11) is 0. The van der Waals surface area contributed by atoms with Crippen LogP contribution in [-0.2, 0) is 4.79 Å². The van der Waals surface area contributed by atoms with Crippen molar-refractivity contribution in [3.05, 3.63) is 51.7 Å². The highest BCUT2D eigenvalue weighted by atomic mass is 32.1. The van der Waals surface area contributed by atoms with Gasteiger partial charge in [-0.25, -0.2) is 0 Å². The molecule has 0 fully saturated rings. The fourth-order valence-corrected chi connectivity index (χ4v) is 2.78. The van der Waals surface area contributed by atoms with E-state index in [-0.39, 0.29) is 11.8 Å². The first-order valence-corrected chi connectivity index (χ1v) is 8.04. The molecule has 1 aromatic heterocycles. The molecule has 5 heteroatoms. The van der Waals surface area contributed by atoms with Crippen LogP contribution >= 0.6 is 11.3 Å². The van der Waals surface area contributed by atoms with Crippen LogP contribution in [0.25, 0.3) is 0 Å². The van der Waals surface area contributed by atoms with Crippen molar-refractivity contribution in [2.24, 2.45) is 0 Å². The molecule has 0 aliphatic heterocycles. The van der Waals surface area contributed by atoms with Crippen molar-refractivity contribution in [3.8, 4) is 0 Å². The van der Waals surface area contributed by atoms with E-state index in [0.29, 0.717) is 18.0 Å². The minimum Gasteiger partial charge on any atom is -0.350 e. The highest BCUT2D eigenvalue weighted by molar-refractivity contribution is 7.12. The zero-order valence-electron chi connectivity index (χ0n) is 13.1. The summed E-state index contributed by atoms with van der Waals surface area (Å²) in [4.78, 5) is 26.1. The van der Waals surface area contributed by atoms with Crippen LogP contribution in [0.2, 0.25) is 0 Å². The van der Waals surface area contributed by atoms with Crippen LogP contribution in [0.4, 0.5) is 5.69 Å². The highest BCUT2D eigenvalue weighted by Gasteiger charge is 2.13. The van der Waals surface area contributed by atoms with E-state index in [9.17, 15) is 9.59 Å². The summed E-state index contributed by atoms with van der Waals surface area (Å²) >= 11 is 1.40. The Hall–Kier alpha value is -2.14. The van der Waals surface area contributed by atoms with Gasteiger partial charge in [0.2, 0.25) is 5.91 Å². The lowest BCUT2D eigenvalue weighted by molar-refractivity contribution is -0.116. The maximum Gasteiger partial charge on any atom is 0.261 e. The Morgan fingerprint density at radius 3 is 2.55 bits per heavy atom. The van der Waals surface area contributed by atoms with E-state index in [1.165, 1.54) is 23.8 Å².